The average molecular weight is 333 g/mol. The van der Waals surface area contributed by atoms with Crippen molar-refractivity contribution in [1.82, 2.24) is 0 Å². The molecule has 0 spiro atoms. The predicted molar refractivity (Wildman–Crippen MR) is 65.0 cm³/mol. The summed E-state index contributed by atoms with van der Waals surface area (Å²) in [6, 6.07) is 4.89. The maximum atomic E-state index is 12.5. The topological polar surface area (TPSA) is 55.4 Å². The second kappa shape index (κ2) is 7.03. The molecule has 0 radical (unpaired) electrons. The van der Waals surface area contributed by atoms with Gasteiger partial charge in [-0.3, -0.25) is 0 Å². The first kappa shape index (κ1) is 17.6. The van der Waals surface area contributed by atoms with Gasteiger partial charge in [0, 0.05) is 6.54 Å². The Hall–Kier alpha value is -1.42. The van der Waals surface area contributed by atoms with Gasteiger partial charge in [-0.2, -0.15) is 22.0 Å². The molecule has 0 heterocycles. The lowest BCUT2D eigenvalue weighted by Crippen LogP contribution is -2.21. The van der Waals surface area contributed by atoms with E-state index < -0.39 is 33.3 Å². The first-order chi connectivity index (χ1) is 9.64. The Balaban J connectivity index is 2.65. The number of anilines is 1. The predicted octanol–water partition coefficient (Wildman–Crippen LogP) is 2.67. The van der Waals surface area contributed by atoms with Crippen LogP contribution in [0.4, 0.5) is 27.6 Å². The summed E-state index contributed by atoms with van der Waals surface area (Å²) in [6.07, 6.45) is -4.46. The van der Waals surface area contributed by atoms with E-state index in [1.165, 1.54) is 18.2 Å². The zero-order chi connectivity index (χ0) is 16.1. The van der Waals surface area contributed by atoms with E-state index in [0.717, 1.165) is 6.07 Å². The van der Waals surface area contributed by atoms with Gasteiger partial charge in [0.15, 0.2) is 0 Å². The number of benzene rings is 1. The summed E-state index contributed by atoms with van der Waals surface area (Å²) in [7, 11) is -4.79. The van der Waals surface area contributed by atoms with E-state index >= 15 is 0 Å². The summed E-state index contributed by atoms with van der Waals surface area (Å²) >= 11 is 0. The molecule has 0 aliphatic rings. The standard InChI is InChI=1S/C11H12F5NO3S/c12-10(13)21(18,19)9-4-2-1-3-8(9)17-5-6-20-7-11(14,15)16/h1-4,10,17H,5-7H2. The SMILES string of the molecule is O=S(=O)(c1ccccc1NCCOCC(F)(F)F)C(F)F. The lowest BCUT2D eigenvalue weighted by Gasteiger charge is -2.12. The molecule has 21 heavy (non-hydrogen) atoms. The molecule has 0 aromatic heterocycles. The smallest absolute Gasteiger partial charge is 0.382 e. The minimum absolute atomic E-state index is 0.117. The molecule has 0 saturated carbocycles. The highest BCUT2D eigenvalue weighted by Crippen LogP contribution is 2.25. The van der Waals surface area contributed by atoms with Crippen LogP contribution >= 0.6 is 0 Å². The van der Waals surface area contributed by atoms with E-state index in [0.29, 0.717) is 0 Å². The van der Waals surface area contributed by atoms with Crippen LogP contribution in [-0.2, 0) is 14.6 Å². The van der Waals surface area contributed by atoms with E-state index in [-0.39, 0.29) is 18.8 Å². The number of ether oxygens (including phenoxy) is 1. The van der Waals surface area contributed by atoms with Crippen molar-refractivity contribution >= 4 is 15.5 Å². The van der Waals surface area contributed by atoms with Crippen molar-refractivity contribution in [3.05, 3.63) is 24.3 Å². The molecular weight excluding hydrogens is 321 g/mol. The Bertz CT molecular complexity index is 559. The third-order valence-corrected chi connectivity index (χ3v) is 3.69. The van der Waals surface area contributed by atoms with Gasteiger partial charge in [-0.25, -0.2) is 8.42 Å². The fraction of sp³-hybridized carbons (Fsp3) is 0.455. The second-order valence-electron chi connectivity index (χ2n) is 3.90. The molecule has 0 aliphatic heterocycles. The molecule has 0 saturated heterocycles. The number of rotatable bonds is 7. The molecule has 0 bridgehead atoms. The summed E-state index contributed by atoms with van der Waals surface area (Å²) in [6.45, 7) is -1.96. The van der Waals surface area contributed by atoms with Gasteiger partial charge in [0.25, 0.3) is 0 Å². The van der Waals surface area contributed by atoms with Gasteiger partial charge < -0.3 is 10.1 Å². The molecule has 0 unspecified atom stereocenters. The van der Waals surface area contributed by atoms with Gasteiger partial charge in [-0.05, 0) is 12.1 Å². The molecule has 1 N–H and O–H groups in total. The van der Waals surface area contributed by atoms with Crippen LogP contribution in [0.3, 0.4) is 0 Å². The first-order valence-electron chi connectivity index (χ1n) is 5.64. The summed E-state index contributed by atoms with van der Waals surface area (Å²) in [5.41, 5.74) is -0.117. The highest BCUT2D eigenvalue weighted by molar-refractivity contribution is 7.91. The molecule has 10 heteroatoms. The molecule has 1 aromatic carbocycles. The number of hydrogen-bond donors (Lipinski definition) is 1. The van der Waals surface area contributed by atoms with E-state index in [4.69, 9.17) is 0 Å². The highest BCUT2D eigenvalue weighted by atomic mass is 32.2. The maximum Gasteiger partial charge on any atom is 0.411 e. The lowest BCUT2D eigenvalue weighted by molar-refractivity contribution is -0.172. The first-order valence-corrected chi connectivity index (χ1v) is 7.18. The maximum absolute atomic E-state index is 12.5. The minimum atomic E-state index is -4.79. The van der Waals surface area contributed by atoms with Crippen LogP contribution in [0.2, 0.25) is 0 Å². The number of para-hydroxylation sites is 1. The zero-order valence-corrected chi connectivity index (χ0v) is 11.3. The summed E-state index contributed by atoms with van der Waals surface area (Å²) in [5.74, 6) is -3.58. The van der Waals surface area contributed by atoms with Gasteiger partial charge in [-0.1, -0.05) is 12.1 Å². The largest absolute Gasteiger partial charge is 0.411 e. The van der Waals surface area contributed by atoms with E-state index in [2.05, 4.69) is 10.1 Å². The van der Waals surface area contributed by atoms with E-state index in [1.807, 2.05) is 0 Å². The van der Waals surface area contributed by atoms with Crippen LogP contribution in [0.15, 0.2) is 29.2 Å². The van der Waals surface area contributed by atoms with Crippen molar-refractivity contribution in [3.63, 3.8) is 0 Å². The molecule has 0 amide bonds. The van der Waals surface area contributed by atoms with Crippen LogP contribution < -0.4 is 5.32 Å². The van der Waals surface area contributed by atoms with Crippen LogP contribution in [0.1, 0.15) is 0 Å². The van der Waals surface area contributed by atoms with E-state index in [1.54, 1.807) is 0 Å². The fourth-order valence-electron chi connectivity index (χ4n) is 1.40. The van der Waals surface area contributed by atoms with Crippen molar-refractivity contribution in [2.45, 2.75) is 16.8 Å². The third kappa shape index (κ3) is 5.46. The quantitative estimate of drug-likeness (QED) is 0.616. The molecule has 0 fully saturated rings. The Morgan fingerprint density at radius 3 is 2.38 bits per heavy atom. The molecule has 0 atom stereocenters. The van der Waals surface area contributed by atoms with Gasteiger partial charge in [0.05, 0.1) is 17.2 Å². The summed E-state index contributed by atoms with van der Waals surface area (Å²) < 4.78 is 87.5. The monoisotopic (exact) mass is 333 g/mol. The normalized spacial score (nSPS) is 12.7. The molecular formula is C11H12F5NO3S. The molecule has 1 aromatic rings. The average Bonchev–Trinajstić information content (AvgIpc) is 2.37. The van der Waals surface area contributed by atoms with Crippen molar-refractivity contribution in [3.8, 4) is 0 Å². The molecule has 1 rings (SSSR count). The van der Waals surface area contributed by atoms with Gasteiger partial charge in [0.1, 0.15) is 6.61 Å². The summed E-state index contributed by atoms with van der Waals surface area (Å²) in [5, 5.41) is 2.46. The number of sulfone groups is 1. The van der Waals surface area contributed by atoms with Gasteiger partial charge in [-0.15, -0.1) is 0 Å². The Labute approximate surface area is 117 Å². The number of nitrogens with one attached hydrogen (secondary N) is 1. The number of hydrogen-bond acceptors (Lipinski definition) is 4. The lowest BCUT2D eigenvalue weighted by atomic mass is 10.3. The molecule has 4 nitrogen and oxygen atoms in total. The number of halogens is 5. The van der Waals surface area contributed by atoms with Crippen LogP contribution in [0.5, 0.6) is 0 Å². The second-order valence-corrected chi connectivity index (χ2v) is 5.78. The molecule has 0 aliphatic carbocycles. The van der Waals surface area contributed by atoms with Crippen LogP contribution in [0, 0.1) is 0 Å². The molecule has 120 valence electrons. The summed E-state index contributed by atoms with van der Waals surface area (Å²) in [4.78, 5) is -0.615. The Kier molecular flexibility index (Phi) is 5.90. The van der Waals surface area contributed by atoms with Crippen LogP contribution in [-0.4, -0.2) is 40.1 Å². The minimum Gasteiger partial charge on any atom is -0.382 e. The third-order valence-electron chi connectivity index (χ3n) is 2.26. The van der Waals surface area contributed by atoms with E-state index in [9.17, 15) is 30.4 Å². The highest BCUT2D eigenvalue weighted by Gasteiger charge is 2.29. The Morgan fingerprint density at radius 2 is 1.81 bits per heavy atom. The van der Waals surface area contributed by atoms with Crippen molar-refractivity contribution in [2.75, 3.05) is 25.1 Å². The Morgan fingerprint density at radius 1 is 1.19 bits per heavy atom. The van der Waals surface area contributed by atoms with Crippen LogP contribution in [0.25, 0.3) is 0 Å². The van der Waals surface area contributed by atoms with Crippen molar-refractivity contribution in [1.29, 1.82) is 0 Å². The van der Waals surface area contributed by atoms with Crippen molar-refractivity contribution < 1.29 is 35.1 Å². The number of alkyl halides is 5. The van der Waals surface area contributed by atoms with Gasteiger partial charge in [0.2, 0.25) is 9.84 Å². The zero-order valence-electron chi connectivity index (χ0n) is 10.5. The van der Waals surface area contributed by atoms with Gasteiger partial charge >= 0.3 is 11.9 Å². The fourth-order valence-corrected chi connectivity index (χ4v) is 2.31. The van der Waals surface area contributed by atoms with Crippen molar-refractivity contribution in [2.24, 2.45) is 0 Å².